The van der Waals surface area contributed by atoms with Crippen molar-refractivity contribution in [1.82, 2.24) is 0 Å². The molecular weight excluding hydrogens is 796 g/mol. The van der Waals surface area contributed by atoms with Crippen molar-refractivity contribution in [3.63, 3.8) is 0 Å². The van der Waals surface area contributed by atoms with Crippen molar-refractivity contribution in [2.24, 2.45) is 17.8 Å². The second-order valence-corrected chi connectivity index (χ2v) is 15.3. The lowest BCUT2D eigenvalue weighted by Gasteiger charge is -2.43. The van der Waals surface area contributed by atoms with Gasteiger partial charge in [-0.05, 0) is 72.8 Å². The quantitative estimate of drug-likeness (QED) is 0.198. The zero-order valence-corrected chi connectivity index (χ0v) is 25.9. The summed E-state index contributed by atoms with van der Waals surface area (Å²) in [5, 5.41) is 0. The predicted molar refractivity (Wildman–Crippen MR) is 158 cm³/mol. The van der Waals surface area contributed by atoms with Crippen LogP contribution in [0.2, 0.25) is 0 Å². The molecule has 1 saturated carbocycles. The van der Waals surface area contributed by atoms with Crippen molar-refractivity contribution in [3.8, 4) is 0 Å². The van der Waals surface area contributed by atoms with Crippen molar-refractivity contribution in [2.75, 3.05) is 0 Å². The lowest BCUT2D eigenvalue weighted by molar-refractivity contribution is 0.235. The summed E-state index contributed by atoms with van der Waals surface area (Å²) in [6.07, 6.45) is 8.28. The lowest BCUT2D eigenvalue weighted by Crippen LogP contribution is -2.38. The molecule has 0 aromatic heterocycles. The van der Waals surface area contributed by atoms with Crippen molar-refractivity contribution in [2.45, 2.75) is 86.8 Å². The number of benzene rings is 1. The molecule has 0 radical (unpaired) electrons. The van der Waals surface area contributed by atoms with Gasteiger partial charge in [0.05, 0.1) is 0 Å². The molecule has 0 saturated heterocycles. The maximum absolute atomic E-state index is 2.78. The highest BCUT2D eigenvalue weighted by molar-refractivity contribution is 14.1. The number of fused-ring (bicyclic) bond motifs is 1. The van der Waals surface area contributed by atoms with E-state index in [9.17, 15) is 0 Å². The topological polar surface area (TPSA) is 0 Å². The molecule has 0 bridgehead atoms. The molecule has 0 spiro atoms. The Morgan fingerprint density at radius 2 is 1.71 bits per heavy atom. The molecule has 1 aromatic rings. The van der Waals surface area contributed by atoms with Crippen molar-refractivity contribution >= 4 is 90.4 Å². The van der Waals surface area contributed by atoms with E-state index < -0.39 is 0 Å². The first-order chi connectivity index (χ1) is 13.3. The van der Waals surface area contributed by atoms with Crippen molar-refractivity contribution < 1.29 is 0 Å². The van der Waals surface area contributed by atoms with E-state index in [4.69, 9.17) is 0 Å². The Balaban J connectivity index is 1.80. The first-order valence-electron chi connectivity index (χ1n) is 11.0. The Labute approximate surface area is 227 Å². The van der Waals surface area contributed by atoms with E-state index in [1.54, 1.807) is 11.1 Å². The first-order valence-corrected chi connectivity index (χ1v) is 16.0. The molecule has 3 rings (SSSR count). The molecule has 0 nitrogen and oxygen atoms in total. The third-order valence-corrected chi connectivity index (χ3v) is 16.3. The summed E-state index contributed by atoms with van der Waals surface area (Å²) in [5.41, 5.74) is 3.37. The molecule has 0 amide bonds. The van der Waals surface area contributed by atoms with Crippen molar-refractivity contribution in [3.05, 3.63) is 35.4 Å². The van der Waals surface area contributed by atoms with Crippen LogP contribution in [0.3, 0.4) is 0 Å². The second kappa shape index (κ2) is 11.3. The van der Waals surface area contributed by atoms with Crippen LogP contribution in [-0.2, 0) is 0 Å². The summed E-state index contributed by atoms with van der Waals surface area (Å²) in [7, 11) is 0. The maximum atomic E-state index is 2.78. The first kappa shape index (κ1) is 24.8. The van der Waals surface area contributed by atoms with Gasteiger partial charge in [0.1, 0.15) is 0 Å². The highest BCUT2D eigenvalue weighted by atomic mass is 127. The van der Waals surface area contributed by atoms with Gasteiger partial charge in [-0.25, -0.2) is 0 Å². The normalized spacial score (nSPS) is 37.9. The van der Waals surface area contributed by atoms with Gasteiger partial charge in [0.25, 0.3) is 0 Å². The van der Waals surface area contributed by atoms with Gasteiger partial charge in [-0.2, -0.15) is 0 Å². The fourth-order valence-corrected chi connectivity index (χ4v) is 10.8. The predicted octanol–water partition coefficient (Wildman–Crippen LogP) is 9.34. The Morgan fingerprint density at radius 3 is 2.39 bits per heavy atom. The average Bonchev–Trinajstić information content (AvgIpc) is 2.67. The fraction of sp³-hybridized carbons (Fsp3) is 0.750. The van der Waals surface area contributed by atoms with E-state index in [0.29, 0.717) is 0 Å². The van der Waals surface area contributed by atoms with Crippen LogP contribution < -0.4 is 0 Å². The van der Waals surface area contributed by atoms with Crippen LogP contribution in [-0.4, -0.2) is 15.7 Å². The molecule has 158 valence electrons. The molecule has 0 aliphatic heterocycles. The fourth-order valence-electron chi connectivity index (χ4n) is 5.84. The monoisotopic (exact) mass is 830 g/mol. The highest BCUT2D eigenvalue weighted by Gasteiger charge is 2.40. The van der Waals surface area contributed by atoms with Crippen LogP contribution in [0.5, 0.6) is 0 Å². The summed E-state index contributed by atoms with van der Waals surface area (Å²) >= 11 is 10.9. The molecule has 8 unspecified atom stereocenters. The number of halogens is 4. The van der Waals surface area contributed by atoms with Crippen molar-refractivity contribution in [1.29, 1.82) is 0 Å². The molecule has 0 N–H and O–H groups in total. The molecule has 4 heteroatoms. The Hall–Kier alpha value is 2.14. The van der Waals surface area contributed by atoms with Crippen LogP contribution in [0.25, 0.3) is 0 Å². The van der Waals surface area contributed by atoms with Crippen LogP contribution >= 0.6 is 90.4 Å². The molecule has 1 fully saturated rings. The van der Waals surface area contributed by atoms with Crippen LogP contribution in [0, 0.1) is 17.8 Å². The summed E-state index contributed by atoms with van der Waals surface area (Å²) < 4.78 is 3.31. The van der Waals surface area contributed by atoms with E-state index in [-0.39, 0.29) is 0 Å². The van der Waals surface area contributed by atoms with E-state index in [1.807, 2.05) is 0 Å². The van der Waals surface area contributed by atoms with Gasteiger partial charge >= 0.3 is 0 Å². The SMILES string of the molecule is CCCC(I)C1CC(C)C([C@H](C)CC2CCC(I)C(I)C2I)c2ccccc21. The standard InChI is InChI=1S/C24H34I4/c1-4-7-20(25)19-13-15(3)22(18-9-6-5-8-17(18)19)14(2)12-16-10-11-21(26)24(28)23(16)27/h5-6,8-9,14-16,19-24H,4,7,10-13H2,1-3H3/t14-,15?,16?,19?,20?,21?,22?,23?,24?/m1/s1. The summed E-state index contributed by atoms with van der Waals surface area (Å²) in [5.74, 6) is 3.98. The van der Waals surface area contributed by atoms with Gasteiger partial charge in [-0.1, -0.05) is 142 Å². The van der Waals surface area contributed by atoms with Crippen LogP contribution in [0.4, 0.5) is 0 Å². The number of hydrogen-bond donors (Lipinski definition) is 0. The smallest absolute Gasteiger partial charge is 0.0348 e. The van der Waals surface area contributed by atoms with Gasteiger partial charge in [0.2, 0.25) is 0 Å². The molecule has 1 aromatic carbocycles. The summed E-state index contributed by atoms with van der Waals surface area (Å²) in [6, 6.07) is 9.50. The van der Waals surface area contributed by atoms with Gasteiger partial charge in [-0.3, -0.25) is 0 Å². The molecule has 2 aliphatic rings. The van der Waals surface area contributed by atoms with Gasteiger partial charge in [0, 0.05) is 15.7 Å². The van der Waals surface area contributed by atoms with Gasteiger partial charge in [0.15, 0.2) is 0 Å². The number of rotatable bonds is 6. The van der Waals surface area contributed by atoms with Crippen LogP contribution in [0.1, 0.15) is 82.3 Å². The lowest BCUT2D eigenvalue weighted by atomic mass is 9.64. The number of hydrogen-bond acceptors (Lipinski definition) is 0. The molecule has 0 heterocycles. The summed E-state index contributed by atoms with van der Waals surface area (Å²) in [4.78, 5) is 0. The Morgan fingerprint density at radius 1 is 1.04 bits per heavy atom. The van der Waals surface area contributed by atoms with Crippen LogP contribution in [0.15, 0.2) is 24.3 Å². The van der Waals surface area contributed by atoms with E-state index in [2.05, 4.69) is 135 Å². The Bertz CT molecular complexity index is 633. The molecule has 9 atom stereocenters. The Kier molecular flexibility index (Phi) is 10.0. The molecule has 28 heavy (non-hydrogen) atoms. The second-order valence-electron chi connectivity index (χ2n) is 9.23. The third kappa shape index (κ3) is 5.54. The minimum atomic E-state index is 0.742. The third-order valence-electron chi connectivity index (χ3n) is 7.20. The average molecular weight is 830 g/mol. The zero-order valence-electron chi connectivity index (χ0n) is 17.3. The molecule has 2 aliphatic carbocycles. The minimum Gasteiger partial charge on any atom is -0.0820 e. The molecular formula is C24H34I4. The largest absolute Gasteiger partial charge is 0.0820 e. The van der Waals surface area contributed by atoms with E-state index >= 15 is 0 Å². The minimum absolute atomic E-state index is 0.742. The van der Waals surface area contributed by atoms with E-state index in [1.165, 1.54) is 38.5 Å². The van der Waals surface area contributed by atoms with E-state index in [0.717, 1.165) is 45.3 Å². The maximum Gasteiger partial charge on any atom is 0.0348 e. The zero-order chi connectivity index (χ0) is 20.4. The van der Waals surface area contributed by atoms with Gasteiger partial charge in [-0.15, -0.1) is 0 Å². The highest BCUT2D eigenvalue weighted by Crippen LogP contribution is 2.51. The summed E-state index contributed by atoms with van der Waals surface area (Å²) in [6.45, 7) is 7.44. The number of alkyl halides is 4. The van der Waals surface area contributed by atoms with Gasteiger partial charge < -0.3 is 0 Å².